The van der Waals surface area contributed by atoms with E-state index in [0.717, 1.165) is 28.9 Å². The number of thiazole rings is 1. The number of aliphatic hydroxyl groups excluding tert-OH is 1. The maximum atomic E-state index is 12.1. The van der Waals surface area contributed by atoms with E-state index in [-0.39, 0.29) is 5.91 Å². The third-order valence-corrected chi connectivity index (χ3v) is 4.91. The lowest BCUT2D eigenvalue weighted by Crippen LogP contribution is -2.13. The largest absolute Gasteiger partial charge is 0.389 e. The fourth-order valence-electron chi connectivity index (χ4n) is 2.61. The number of benzene rings is 2. The maximum absolute atomic E-state index is 12.1. The molecule has 1 amide bonds. The molecule has 124 valence electrons. The second-order valence-electron chi connectivity index (χ2n) is 5.74. The van der Waals surface area contributed by atoms with Crippen LogP contribution in [0.25, 0.3) is 10.2 Å². The average molecular weight is 340 g/mol. The summed E-state index contributed by atoms with van der Waals surface area (Å²) in [6.07, 6.45) is 1.38. The molecule has 0 aliphatic rings. The van der Waals surface area contributed by atoms with Gasteiger partial charge in [0.05, 0.1) is 21.3 Å². The Hall–Kier alpha value is -2.24. The summed E-state index contributed by atoms with van der Waals surface area (Å²) >= 11 is 1.68. The summed E-state index contributed by atoms with van der Waals surface area (Å²) in [5, 5.41) is 13.7. The molecule has 24 heavy (non-hydrogen) atoms. The van der Waals surface area contributed by atoms with Crippen LogP contribution in [0.3, 0.4) is 0 Å². The van der Waals surface area contributed by atoms with Crippen molar-refractivity contribution in [3.05, 3.63) is 59.1 Å². The SMILES string of the molecule is CC(O)c1ccccc1NC(=O)CCCc1nc2ccccc2s1. The zero-order valence-corrected chi connectivity index (χ0v) is 14.3. The van der Waals surface area contributed by atoms with Gasteiger partial charge in [0.15, 0.2) is 0 Å². The number of hydrogen-bond donors (Lipinski definition) is 2. The summed E-state index contributed by atoms with van der Waals surface area (Å²) < 4.78 is 1.18. The van der Waals surface area contributed by atoms with Gasteiger partial charge in [0.2, 0.25) is 5.91 Å². The van der Waals surface area contributed by atoms with Gasteiger partial charge in [-0.3, -0.25) is 4.79 Å². The quantitative estimate of drug-likeness (QED) is 0.703. The van der Waals surface area contributed by atoms with E-state index >= 15 is 0 Å². The molecule has 0 spiro atoms. The van der Waals surface area contributed by atoms with Crippen molar-refractivity contribution in [2.45, 2.75) is 32.3 Å². The van der Waals surface area contributed by atoms with E-state index in [4.69, 9.17) is 0 Å². The van der Waals surface area contributed by atoms with Gasteiger partial charge in [-0.15, -0.1) is 11.3 Å². The summed E-state index contributed by atoms with van der Waals surface area (Å²) in [7, 11) is 0. The summed E-state index contributed by atoms with van der Waals surface area (Å²) in [4.78, 5) is 16.7. The Morgan fingerprint density at radius 2 is 1.96 bits per heavy atom. The number of aromatic nitrogens is 1. The molecule has 0 aliphatic heterocycles. The number of fused-ring (bicyclic) bond motifs is 1. The van der Waals surface area contributed by atoms with Crippen LogP contribution >= 0.6 is 11.3 Å². The van der Waals surface area contributed by atoms with Crippen molar-refractivity contribution >= 4 is 33.1 Å². The fraction of sp³-hybridized carbons (Fsp3) is 0.263. The van der Waals surface area contributed by atoms with Gasteiger partial charge in [0.25, 0.3) is 0 Å². The van der Waals surface area contributed by atoms with Crippen molar-refractivity contribution in [3.63, 3.8) is 0 Å². The first-order valence-electron chi connectivity index (χ1n) is 8.05. The first kappa shape index (κ1) is 16.6. The van der Waals surface area contributed by atoms with Crippen LogP contribution in [0.5, 0.6) is 0 Å². The summed E-state index contributed by atoms with van der Waals surface area (Å²) in [5.74, 6) is -0.0378. The van der Waals surface area contributed by atoms with Crippen LogP contribution in [0.4, 0.5) is 5.69 Å². The third kappa shape index (κ3) is 3.99. The molecule has 1 unspecified atom stereocenters. The molecule has 0 fully saturated rings. The molecule has 0 saturated heterocycles. The second kappa shape index (κ2) is 7.55. The maximum Gasteiger partial charge on any atom is 0.224 e. The minimum atomic E-state index is -0.607. The van der Waals surface area contributed by atoms with Gasteiger partial charge in [-0.05, 0) is 38.0 Å². The zero-order valence-electron chi connectivity index (χ0n) is 13.5. The molecular formula is C19H20N2O2S. The number of nitrogens with zero attached hydrogens (tertiary/aromatic N) is 1. The number of rotatable bonds is 6. The normalized spacial score (nSPS) is 12.2. The molecule has 4 nitrogen and oxygen atoms in total. The third-order valence-electron chi connectivity index (χ3n) is 3.82. The molecule has 0 saturated carbocycles. The van der Waals surface area contributed by atoms with Crippen LogP contribution in [-0.4, -0.2) is 16.0 Å². The van der Waals surface area contributed by atoms with Gasteiger partial charge in [-0.2, -0.15) is 0 Å². The molecule has 0 aliphatic carbocycles. The number of anilines is 1. The molecule has 2 aromatic carbocycles. The Kier molecular flexibility index (Phi) is 5.23. The molecule has 3 rings (SSSR count). The molecule has 1 aromatic heterocycles. The number of nitrogens with one attached hydrogen (secondary N) is 1. The van der Waals surface area contributed by atoms with Gasteiger partial charge in [0, 0.05) is 17.7 Å². The van der Waals surface area contributed by atoms with Crippen molar-refractivity contribution in [1.82, 2.24) is 4.98 Å². The number of para-hydroxylation sites is 2. The monoisotopic (exact) mass is 340 g/mol. The lowest BCUT2D eigenvalue weighted by Gasteiger charge is -2.12. The summed E-state index contributed by atoms with van der Waals surface area (Å²) in [5.41, 5.74) is 2.43. The fourth-order valence-corrected chi connectivity index (χ4v) is 3.62. The van der Waals surface area contributed by atoms with Crippen LogP contribution in [-0.2, 0) is 11.2 Å². The highest BCUT2D eigenvalue weighted by Gasteiger charge is 2.10. The van der Waals surface area contributed by atoms with Crippen molar-refractivity contribution in [3.8, 4) is 0 Å². The molecule has 1 atom stereocenters. The van der Waals surface area contributed by atoms with Gasteiger partial charge in [-0.25, -0.2) is 4.98 Å². The minimum absolute atomic E-state index is 0.0378. The Morgan fingerprint density at radius 1 is 1.21 bits per heavy atom. The lowest BCUT2D eigenvalue weighted by atomic mass is 10.1. The van der Waals surface area contributed by atoms with Crippen LogP contribution in [0.1, 0.15) is 36.4 Å². The van der Waals surface area contributed by atoms with Crippen LogP contribution in [0.15, 0.2) is 48.5 Å². The van der Waals surface area contributed by atoms with Crippen LogP contribution in [0, 0.1) is 0 Å². The Labute approximate surface area is 145 Å². The first-order valence-corrected chi connectivity index (χ1v) is 8.86. The number of aryl methyl sites for hydroxylation is 1. The van der Waals surface area contributed by atoms with E-state index in [1.165, 1.54) is 4.70 Å². The Balaban J connectivity index is 1.54. The van der Waals surface area contributed by atoms with Gasteiger partial charge in [-0.1, -0.05) is 30.3 Å². The number of amides is 1. The highest BCUT2D eigenvalue weighted by molar-refractivity contribution is 7.18. The smallest absolute Gasteiger partial charge is 0.224 e. The summed E-state index contributed by atoms with van der Waals surface area (Å²) in [6, 6.07) is 15.4. The van der Waals surface area contributed by atoms with Gasteiger partial charge in [0.1, 0.15) is 0 Å². The van der Waals surface area contributed by atoms with Crippen molar-refractivity contribution in [1.29, 1.82) is 0 Å². The Morgan fingerprint density at radius 3 is 2.75 bits per heavy atom. The molecule has 3 aromatic rings. The first-order chi connectivity index (χ1) is 11.6. The predicted octanol–water partition coefficient (Wildman–Crippen LogP) is 4.31. The molecule has 0 bridgehead atoms. The van der Waals surface area contributed by atoms with Crippen molar-refractivity contribution in [2.24, 2.45) is 0 Å². The van der Waals surface area contributed by atoms with E-state index in [9.17, 15) is 9.90 Å². The molecule has 0 radical (unpaired) electrons. The van der Waals surface area contributed by atoms with Crippen LogP contribution < -0.4 is 5.32 Å². The van der Waals surface area contributed by atoms with E-state index in [1.54, 1.807) is 18.3 Å². The molecule has 1 heterocycles. The van der Waals surface area contributed by atoms with Crippen molar-refractivity contribution < 1.29 is 9.90 Å². The standard InChI is InChI=1S/C19H20N2O2S/c1-13(22)14-7-2-3-8-15(14)20-18(23)11-6-12-19-21-16-9-4-5-10-17(16)24-19/h2-5,7-10,13,22H,6,11-12H2,1H3,(H,20,23). The van der Waals surface area contributed by atoms with Gasteiger partial charge < -0.3 is 10.4 Å². The van der Waals surface area contributed by atoms with Crippen molar-refractivity contribution in [2.75, 3.05) is 5.32 Å². The number of carbonyl (C=O) groups excluding carboxylic acids is 1. The molecule has 2 N–H and O–H groups in total. The van der Waals surface area contributed by atoms with E-state index in [2.05, 4.69) is 16.4 Å². The number of carbonyl (C=O) groups is 1. The van der Waals surface area contributed by atoms with E-state index in [1.807, 2.05) is 42.5 Å². The molecule has 5 heteroatoms. The van der Waals surface area contributed by atoms with Crippen LogP contribution in [0.2, 0.25) is 0 Å². The highest BCUT2D eigenvalue weighted by atomic mass is 32.1. The van der Waals surface area contributed by atoms with E-state index in [0.29, 0.717) is 12.1 Å². The zero-order chi connectivity index (χ0) is 16.9. The second-order valence-corrected chi connectivity index (χ2v) is 6.86. The number of hydrogen-bond acceptors (Lipinski definition) is 4. The minimum Gasteiger partial charge on any atom is -0.389 e. The van der Waals surface area contributed by atoms with Gasteiger partial charge >= 0.3 is 0 Å². The lowest BCUT2D eigenvalue weighted by molar-refractivity contribution is -0.116. The average Bonchev–Trinajstić information content (AvgIpc) is 2.97. The highest BCUT2D eigenvalue weighted by Crippen LogP contribution is 2.24. The predicted molar refractivity (Wildman–Crippen MR) is 98.3 cm³/mol. The molecular weight excluding hydrogens is 320 g/mol. The number of aliphatic hydroxyl groups is 1. The summed E-state index contributed by atoms with van der Waals surface area (Å²) in [6.45, 7) is 1.69. The topological polar surface area (TPSA) is 62.2 Å². The van der Waals surface area contributed by atoms with E-state index < -0.39 is 6.10 Å². The Bertz CT molecular complexity index is 809.